The molecule has 54 valence electrons. The van der Waals surface area contributed by atoms with Crippen molar-refractivity contribution in [1.29, 1.82) is 0 Å². The van der Waals surface area contributed by atoms with Gasteiger partial charge in [0.25, 0.3) is 0 Å². The predicted molar refractivity (Wildman–Crippen MR) is 38.1 cm³/mol. The van der Waals surface area contributed by atoms with Crippen molar-refractivity contribution in [2.24, 2.45) is 10.1 Å². The second-order valence-corrected chi connectivity index (χ2v) is 2.22. The molecular formula is C6H9N3O. The second-order valence-electron chi connectivity index (χ2n) is 2.22. The van der Waals surface area contributed by atoms with E-state index < -0.39 is 0 Å². The summed E-state index contributed by atoms with van der Waals surface area (Å²) in [6, 6.07) is 0.689. The van der Waals surface area contributed by atoms with E-state index in [0.29, 0.717) is 12.6 Å². The molecule has 0 saturated heterocycles. The zero-order valence-electron chi connectivity index (χ0n) is 5.66. The summed E-state index contributed by atoms with van der Waals surface area (Å²) in [6.07, 6.45) is 2.88. The van der Waals surface area contributed by atoms with Gasteiger partial charge in [-0.15, -0.1) is 0 Å². The first-order valence-corrected chi connectivity index (χ1v) is 3.44. The van der Waals surface area contributed by atoms with E-state index >= 15 is 0 Å². The zero-order chi connectivity index (χ0) is 6.81. The SMILES string of the molecule is C1=NN(C2=NCCO2)CC1. The summed E-state index contributed by atoms with van der Waals surface area (Å²) in [6.45, 7) is 2.40. The van der Waals surface area contributed by atoms with Gasteiger partial charge in [-0.3, -0.25) is 0 Å². The van der Waals surface area contributed by atoms with E-state index in [1.807, 2.05) is 6.21 Å². The highest BCUT2D eigenvalue weighted by Gasteiger charge is 2.17. The maximum Gasteiger partial charge on any atom is 0.308 e. The quantitative estimate of drug-likeness (QED) is 0.476. The van der Waals surface area contributed by atoms with Gasteiger partial charge in [0.1, 0.15) is 6.61 Å². The van der Waals surface area contributed by atoms with E-state index in [9.17, 15) is 0 Å². The van der Waals surface area contributed by atoms with Crippen LogP contribution in [-0.2, 0) is 4.74 Å². The zero-order valence-corrected chi connectivity index (χ0v) is 5.66. The molecule has 10 heavy (non-hydrogen) atoms. The molecule has 0 radical (unpaired) electrons. The number of rotatable bonds is 0. The van der Waals surface area contributed by atoms with Crippen LogP contribution in [0.1, 0.15) is 6.42 Å². The lowest BCUT2D eigenvalue weighted by molar-refractivity contribution is 0.277. The Kier molecular flexibility index (Phi) is 1.30. The van der Waals surface area contributed by atoms with Gasteiger partial charge in [-0.25, -0.2) is 10.0 Å². The van der Waals surface area contributed by atoms with Crippen molar-refractivity contribution < 1.29 is 4.74 Å². The van der Waals surface area contributed by atoms with E-state index in [1.54, 1.807) is 5.01 Å². The predicted octanol–water partition coefficient (Wildman–Crippen LogP) is 0.0641. The maximum atomic E-state index is 5.20. The lowest BCUT2D eigenvalue weighted by atomic mass is 10.5. The lowest BCUT2D eigenvalue weighted by Crippen LogP contribution is -2.23. The second kappa shape index (κ2) is 2.28. The van der Waals surface area contributed by atoms with Crippen LogP contribution in [0.5, 0.6) is 0 Å². The summed E-state index contributed by atoms with van der Waals surface area (Å²) in [5.74, 6) is 0. The van der Waals surface area contributed by atoms with Crippen molar-refractivity contribution in [3.8, 4) is 0 Å². The third-order valence-corrected chi connectivity index (χ3v) is 1.48. The van der Waals surface area contributed by atoms with Crippen LogP contribution >= 0.6 is 0 Å². The maximum absolute atomic E-state index is 5.20. The smallest absolute Gasteiger partial charge is 0.308 e. The van der Waals surface area contributed by atoms with Crippen LogP contribution in [0.25, 0.3) is 0 Å². The number of hydrogen-bond acceptors (Lipinski definition) is 4. The number of amidine groups is 1. The molecule has 0 aromatic carbocycles. The summed E-state index contributed by atoms with van der Waals surface area (Å²) in [5, 5.41) is 5.87. The molecule has 4 nitrogen and oxygen atoms in total. The molecule has 0 saturated carbocycles. The first-order valence-electron chi connectivity index (χ1n) is 3.44. The van der Waals surface area contributed by atoms with Crippen LogP contribution in [0.2, 0.25) is 0 Å². The number of hydrogen-bond donors (Lipinski definition) is 0. The molecule has 2 rings (SSSR count). The van der Waals surface area contributed by atoms with Gasteiger partial charge in [0.05, 0.1) is 13.1 Å². The topological polar surface area (TPSA) is 37.2 Å². The fraction of sp³-hybridized carbons (Fsp3) is 0.667. The Bertz CT molecular complexity index is 187. The largest absolute Gasteiger partial charge is 0.462 e. The number of aliphatic imine (C=N–C) groups is 1. The molecule has 0 unspecified atom stereocenters. The lowest BCUT2D eigenvalue weighted by Gasteiger charge is -2.10. The summed E-state index contributed by atoms with van der Waals surface area (Å²) < 4.78 is 5.20. The third kappa shape index (κ3) is 0.853. The first kappa shape index (κ1) is 5.70. The van der Waals surface area contributed by atoms with Crippen molar-refractivity contribution in [1.82, 2.24) is 5.01 Å². The molecule has 0 fully saturated rings. The fourth-order valence-electron chi connectivity index (χ4n) is 1.02. The molecule has 0 aliphatic carbocycles. The highest BCUT2D eigenvalue weighted by molar-refractivity contribution is 5.77. The van der Waals surface area contributed by atoms with Gasteiger partial charge in [0.15, 0.2) is 0 Å². The monoisotopic (exact) mass is 139 g/mol. The van der Waals surface area contributed by atoms with Gasteiger partial charge in [-0.1, -0.05) is 0 Å². The minimum Gasteiger partial charge on any atom is -0.462 e. The van der Waals surface area contributed by atoms with E-state index in [0.717, 1.165) is 19.5 Å². The molecule has 2 aliphatic heterocycles. The average molecular weight is 139 g/mol. The standard InChI is InChI=1S/C6H9N3O/c1-2-8-9(4-1)6-7-3-5-10-6/h2H,1,3-5H2. The molecular weight excluding hydrogens is 130 g/mol. The minimum absolute atomic E-state index is 0.689. The van der Waals surface area contributed by atoms with Gasteiger partial charge in [0, 0.05) is 12.6 Å². The Morgan fingerprint density at radius 1 is 1.60 bits per heavy atom. The summed E-state index contributed by atoms with van der Waals surface area (Å²) in [4.78, 5) is 4.12. The van der Waals surface area contributed by atoms with Crippen molar-refractivity contribution in [2.75, 3.05) is 19.7 Å². The van der Waals surface area contributed by atoms with E-state index in [-0.39, 0.29) is 0 Å². The van der Waals surface area contributed by atoms with E-state index in [4.69, 9.17) is 4.74 Å². The van der Waals surface area contributed by atoms with Crippen LogP contribution in [0, 0.1) is 0 Å². The van der Waals surface area contributed by atoms with Gasteiger partial charge in [-0.2, -0.15) is 5.10 Å². The molecule has 2 heterocycles. The molecule has 0 N–H and O–H groups in total. The summed E-state index contributed by atoms with van der Waals surface area (Å²) >= 11 is 0. The first-order chi connectivity index (χ1) is 4.97. The van der Waals surface area contributed by atoms with Gasteiger partial charge in [0.2, 0.25) is 0 Å². The van der Waals surface area contributed by atoms with Gasteiger partial charge in [-0.05, 0) is 0 Å². The Morgan fingerprint density at radius 2 is 2.60 bits per heavy atom. The molecule has 0 atom stereocenters. The Morgan fingerprint density at radius 3 is 3.20 bits per heavy atom. The molecule has 4 heteroatoms. The van der Waals surface area contributed by atoms with E-state index in [2.05, 4.69) is 10.1 Å². The fourth-order valence-corrected chi connectivity index (χ4v) is 1.02. The number of nitrogens with zero attached hydrogens (tertiary/aromatic N) is 3. The van der Waals surface area contributed by atoms with Crippen molar-refractivity contribution in [3.63, 3.8) is 0 Å². The van der Waals surface area contributed by atoms with Crippen molar-refractivity contribution in [3.05, 3.63) is 0 Å². The van der Waals surface area contributed by atoms with Gasteiger partial charge >= 0.3 is 6.02 Å². The highest BCUT2D eigenvalue weighted by atomic mass is 16.5. The summed E-state index contributed by atoms with van der Waals surface area (Å²) in [5.41, 5.74) is 0. The average Bonchev–Trinajstić information content (AvgIpc) is 2.59. The number of ether oxygens (including phenoxy) is 1. The van der Waals surface area contributed by atoms with Crippen LogP contribution in [0.4, 0.5) is 0 Å². The van der Waals surface area contributed by atoms with Crippen molar-refractivity contribution in [2.45, 2.75) is 6.42 Å². The highest BCUT2D eigenvalue weighted by Crippen LogP contribution is 2.05. The molecule has 0 spiro atoms. The summed E-state index contributed by atoms with van der Waals surface area (Å²) in [7, 11) is 0. The molecule has 0 bridgehead atoms. The van der Waals surface area contributed by atoms with Crippen LogP contribution in [0.15, 0.2) is 10.1 Å². The molecule has 0 amide bonds. The van der Waals surface area contributed by atoms with Crippen LogP contribution < -0.4 is 0 Å². The van der Waals surface area contributed by atoms with Crippen LogP contribution in [-0.4, -0.2) is 36.9 Å². The number of hydrazone groups is 1. The Hall–Kier alpha value is -1.06. The molecule has 0 aromatic rings. The Labute approximate surface area is 59.2 Å². The third-order valence-electron chi connectivity index (χ3n) is 1.48. The molecule has 0 aromatic heterocycles. The minimum atomic E-state index is 0.689. The normalized spacial score (nSPS) is 23.2. The van der Waals surface area contributed by atoms with Crippen molar-refractivity contribution >= 4 is 12.2 Å². The van der Waals surface area contributed by atoms with Crippen LogP contribution in [0.3, 0.4) is 0 Å². The molecule has 2 aliphatic rings. The van der Waals surface area contributed by atoms with E-state index in [1.165, 1.54) is 0 Å². The Balaban J connectivity index is 2.04. The van der Waals surface area contributed by atoms with Gasteiger partial charge < -0.3 is 4.74 Å².